The third-order valence-electron chi connectivity index (χ3n) is 1.76. The first-order chi connectivity index (χ1) is 7.34. The number of amides is 1. The van der Waals surface area contributed by atoms with E-state index >= 15 is 0 Å². The second-order valence-corrected chi connectivity index (χ2v) is 3.49. The second-order valence-electron chi connectivity index (χ2n) is 3.00. The van der Waals surface area contributed by atoms with Crippen molar-refractivity contribution in [3.05, 3.63) is 22.9 Å². The monoisotopic (exact) mass is 255 g/mol. The predicted molar refractivity (Wildman–Crippen MR) is 51.8 cm³/mol. The molecule has 1 amide bonds. The lowest BCUT2D eigenvalue weighted by molar-refractivity contribution is -0.0894. The molecule has 0 aromatic carbocycles. The van der Waals surface area contributed by atoms with E-state index in [0.717, 1.165) is 11.0 Å². The van der Waals surface area contributed by atoms with Crippen molar-refractivity contribution in [3.63, 3.8) is 0 Å². The van der Waals surface area contributed by atoms with Gasteiger partial charge in [0.15, 0.2) is 0 Å². The molecule has 0 aromatic heterocycles. The Hall–Kier alpha value is -1.17. The van der Waals surface area contributed by atoms with Gasteiger partial charge in [0.05, 0.1) is 18.7 Å². The third-order valence-corrected chi connectivity index (χ3v) is 1.99. The molecule has 0 spiro atoms. The van der Waals surface area contributed by atoms with E-state index in [1.807, 2.05) is 0 Å². The zero-order chi connectivity index (χ0) is 12.3. The molecular formula is C9H9ClF3NO2. The molecule has 0 aromatic rings. The molecule has 0 saturated heterocycles. The van der Waals surface area contributed by atoms with Crippen LogP contribution in [0.5, 0.6) is 0 Å². The molecule has 0 saturated carbocycles. The molecule has 0 N–H and O–H groups in total. The highest BCUT2D eigenvalue weighted by Gasteiger charge is 2.35. The third kappa shape index (κ3) is 3.16. The van der Waals surface area contributed by atoms with Crippen molar-refractivity contribution in [2.75, 3.05) is 13.2 Å². The van der Waals surface area contributed by atoms with Crippen LogP contribution in [0.1, 0.15) is 6.92 Å². The largest absolute Gasteiger partial charge is 0.449 e. The van der Waals surface area contributed by atoms with E-state index in [2.05, 4.69) is 4.74 Å². The first-order valence-corrected chi connectivity index (χ1v) is 4.81. The highest BCUT2D eigenvalue weighted by Crippen LogP contribution is 2.31. The number of allylic oxidation sites excluding steroid dienone is 2. The quantitative estimate of drug-likeness (QED) is 0.721. The van der Waals surface area contributed by atoms with Crippen LogP contribution in [0.15, 0.2) is 22.9 Å². The van der Waals surface area contributed by atoms with Crippen molar-refractivity contribution in [2.45, 2.75) is 13.1 Å². The summed E-state index contributed by atoms with van der Waals surface area (Å²) < 4.78 is 41.7. The lowest BCUT2D eigenvalue weighted by Gasteiger charge is -2.23. The minimum absolute atomic E-state index is 0.0668. The van der Waals surface area contributed by atoms with Crippen LogP contribution in [0.4, 0.5) is 18.0 Å². The van der Waals surface area contributed by atoms with Gasteiger partial charge in [-0.3, -0.25) is 4.90 Å². The number of rotatable bonds is 1. The Morgan fingerprint density at radius 3 is 2.75 bits per heavy atom. The highest BCUT2D eigenvalue weighted by atomic mass is 35.5. The van der Waals surface area contributed by atoms with Crippen LogP contribution in [-0.2, 0) is 4.74 Å². The van der Waals surface area contributed by atoms with Crippen LogP contribution in [0.2, 0.25) is 0 Å². The fraction of sp³-hybridized carbons (Fsp3) is 0.444. The molecule has 1 aliphatic heterocycles. The molecule has 0 aliphatic carbocycles. The summed E-state index contributed by atoms with van der Waals surface area (Å²) in [5.41, 5.74) is -0.975. The Labute approximate surface area is 95.1 Å². The van der Waals surface area contributed by atoms with Gasteiger partial charge in [-0.1, -0.05) is 11.6 Å². The maximum atomic E-state index is 12.4. The normalized spacial score (nSPS) is 16.7. The number of ether oxygens (including phenoxy) is 1. The van der Waals surface area contributed by atoms with Crippen molar-refractivity contribution < 1.29 is 22.7 Å². The smallest absolute Gasteiger partial charge is 0.417 e. The number of carbonyl (C=O) groups is 1. The predicted octanol–water partition coefficient (Wildman–Crippen LogP) is 3.03. The molecule has 0 radical (unpaired) electrons. The van der Waals surface area contributed by atoms with Crippen LogP contribution in [0.3, 0.4) is 0 Å². The van der Waals surface area contributed by atoms with Gasteiger partial charge in [-0.15, -0.1) is 0 Å². The van der Waals surface area contributed by atoms with Crippen LogP contribution < -0.4 is 0 Å². The molecule has 0 atom stereocenters. The van der Waals surface area contributed by atoms with E-state index in [1.165, 1.54) is 0 Å². The fourth-order valence-electron chi connectivity index (χ4n) is 1.11. The molecule has 90 valence electrons. The average molecular weight is 256 g/mol. The van der Waals surface area contributed by atoms with E-state index in [1.54, 1.807) is 6.92 Å². The number of halogens is 4. The summed E-state index contributed by atoms with van der Waals surface area (Å²) in [6.07, 6.45) is -3.91. The van der Waals surface area contributed by atoms with Crippen LogP contribution >= 0.6 is 11.6 Å². The average Bonchev–Trinajstić information content (AvgIpc) is 2.16. The molecule has 1 aliphatic rings. The highest BCUT2D eigenvalue weighted by molar-refractivity contribution is 6.30. The summed E-state index contributed by atoms with van der Waals surface area (Å²) >= 11 is 5.53. The Balaban J connectivity index is 2.89. The molecule has 7 heteroatoms. The van der Waals surface area contributed by atoms with Crippen molar-refractivity contribution >= 4 is 17.7 Å². The number of alkyl halides is 3. The summed E-state index contributed by atoms with van der Waals surface area (Å²) in [5, 5.41) is -0.0668. The summed E-state index contributed by atoms with van der Waals surface area (Å²) in [5.74, 6) is 0. The molecule has 0 unspecified atom stereocenters. The maximum Gasteiger partial charge on any atom is 0.417 e. The van der Waals surface area contributed by atoms with Crippen molar-refractivity contribution in [1.82, 2.24) is 4.90 Å². The van der Waals surface area contributed by atoms with Gasteiger partial charge in [0.1, 0.15) is 0 Å². The zero-order valence-electron chi connectivity index (χ0n) is 8.34. The summed E-state index contributed by atoms with van der Waals surface area (Å²) in [4.78, 5) is 12.0. The molecule has 0 bridgehead atoms. The minimum atomic E-state index is -4.54. The lowest BCUT2D eigenvalue weighted by Crippen LogP contribution is -2.32. The zero-order valence-corrected chi connectivity index (χ0v) is 9.10. The minimum Gasteiger partial charge on any atom is -0.449 e. The van der Waals surface area contributed by atoms with Gasteiger partial charge < -0.3 is 4.74 Å². The topological polar surface area (TPSA) is 29.5 Å². The van der Waals surface area contributed by atoms with Crippen molar-refractivity contribution in [3.8, 4) is 0 Å². The molecule has 3 nitrogen and oxygen atoms in total. The SMILES string of the molecule is CCOC(=O)N1C=C(C(F)(F)F)C=C(Cl)C1. The Morgan fingerprint density at radius 1 is 1.62 bits per heavy atom. The number of hydrogen-bond donors (Lipinski definition) is 0. The van der Waals surface area contributed by atoms with Crippen LogP contribution in [0.25, 0.3) is 0 Å². The van der Waals surface area contributed by atoms with Crippen molar-refractivity contribution in [1.29, 1.82) is 0 Å². The van der Waals surface area contributed by atoms with Gasteiger partial charge in [0.2, 0.25) is 0 Å². The van der Waals surface area contributed by atoms with Gasteiger partial charge in [-0.2, -0.15) is 13.2 Å². The van der Waals surface area contributed by atoms with Crippen LogP contribution in [0, 0.1) is 0 Å². The lowest BCUT2D eigenvalue weighted by atomic mass is 10.2. The second kappa shape index (κ2) is 4.78. The van der Waals surface area contributed by atoms with Gasteiger partial charge >= 0.3 is 12.3 Å². The Bertz CT molecular complexity index is 349. The van der Waals surface area contributed by atoms with Gasteiger partial charge in [-0.25, -0.2) is 4.79 Å². The summed E-state index contributed by atoms with van der Waals surface area (Å²) in [6, 6.07) is 0. The first kappa shape index (κ1) is 12.9. The molecular weight excluding hydrogens is 247 g/mol. The fourth-order valence-corrected chi connectivity index (χ4v) is 1.35. The van der Waals surface area contributed by atoms with Gasteiger partial charge in [0.25, 0.3) is 0 Å². The van der Waals surface area contributed by atoms with E-state index < -0.39 is 17.8 Å². The van der Waals surface area contributed by atoms with E-state index in [-0.39, 0.29) is 18.2 Å². The summed E-state index contributed by atoms with van der Waals surface area (Å²) in [6.45, 7) is 1.54. The van der Waals surface area contributed by atoms with Gasteiger partial charge in [0, 0.05) is 11.2 Å². The Kier molecular flexibility index (Phi) is 3.85. The number of nitrogens with zero attached hydrogens (tertiary/aromatic N) is 1. The van der Waals surface area contributed by atoms with E-state index in [9.17, 15) is 18.0 Å². The first-order valence-electron chi connectivity index (χ1n) is 4.43. The van der Waals surface area contributed by atoms with E-state index in [4.69, 9.17) is 11.6 Å². The molecule has 1 heterocycles. The van der Waals surface area contributed by atoms with Crippen LogP contribution in [-0.4, -0.2) is 30.3 Å². The van der Waals surface area contributed by atoms with E-state index in [0.29, 0.717) is 6.20 Å². The number of carbonyl (C=O) groups excluding carboxylic acids is 1. The van der Waals surface area contributed by atoms with Crippen molar-refractivity contribution in [2.24, 2.45) is 0 Å². The summed E-state index contributed by atoms with van der Waals surface area (Å²) in [7, 11) is 0. The van der Waals surface area contributed by atoms with Gasteiger partial charge in [-0.05, 0) is 13.0 Å². The number of hydrogen-bond acceptors (Lipinski definition) is 2. The molecule has 0 fully saturated rings. The molecule has 1 rings (SSSR count). The Morgan fingerprint density at radius 2 is 2.25 bits per heavy atom. The molecule has 16 heavy (non-hydrogen) atoms. The standard InChI is InChI=1S/C9H9ClF3NO2/c1-2-16-8(15)14-4-6(9(11,12)13)3-7(10)5-14/h3-4H,2,5H2,1H3. The maximum absolute atomic E-state index is 12.4.